The molecule has 8 nitrogen and oxygen atoms in total. The second kappa shape index (κ2) is 7.31. The van der Waals surface area contributed by atoms with Gasteiger partial charge in [0, 0.05) is 7.05 Å². The number of carboxylic acid groups (broad SMARTS) is 1. The quantitative estimate of drug-likeness (QED) is 0.297. The van der Waals surface area contributed by atoms with Crippen LogP contribution in [0, 0.1) is 5.82 Å². The molecular formula is C13H16BrF4N5O3S. The summed E-state index contributed by atoms with van der Waals surface area (Å²) < 4.78 is 68.4. The zero-order valence-electron chi connectivity index (χ0n) is 14.0. The maximum atomic E-state index is 14.3. The van der Waals surface area contributed by atoms with Crippen molar-refractivity contribution in [3.63, 3.8) is 0 Å². The number of hydrogen-bond acceptors (Lipinski definition) is 4. The Bertz CT molecular complexity index is 850. The molecule has 1 aliphatic rings. The van der Waals surface area contributed by atoms with Crippen molar-refractivity contribution in [3.8, 4) is 0 Å². The Kier molecular flexibility index (Phi) is 5.82. The lowest BCUT2D eigenvalue weighted by atomic mass is 10.00. The van der Waals surface area contributed by atoms with Gasteiger partial charge in [-0.25, -0.2) is 23.5 Å². The fourth-order valence-electron chi connectivity index (χ4n) is 2.63. The smallest absolute Gasteiger partial charge is 0.411 e. The molecule has 0 saturated carbocycles. The average molecular weight is 478 g/mol. The topological polar surface area (TPSA) is 110 Å². The van der Waals surface area contributed by atoms with Crippen LogP contribution in [0.1, 0.15) is 12.6 Å². The maximum absolute atomic E-state index is 14.3. The van der Waals surface area contributed by atoms with Crippen LogP contribution in [0.4, 0.5) is 22.4 Å². The van der Waals surface area contributed by atoms with Crippen LogP contribution < -0.4 is 5.32 Å². The van der Waals surface area contributed by atoms with Gasteiger partial charge >= 0.3 is 12.3 Å². The Morgan fingerprint density at radius 2 is 2.15 bits per heavy atom. The van der Waals surface area contributed by atoms with Gasteiger partial charge in [-0.15, -0.1) is 0 Å². The van der Waals surface area contributed by atoms with Crippen molar-refractivity contribution in [2.45, 2.75) is 18.6 Å². The van der Waals surface area contributed by atoms with Crippen LogP contribution in [0.2, 0.25) is 0 Å². The number of pyridine rings is 1. The van der Waals surface area contributed by atoms with E-state index in [-0.39, 0.29) is 10.3 Å². The van der Waals surface area contributed by atoms with Gasteiger partial charge in [0.25, 0.3) is 0 Å². The summed E-state index contributed by atoms with van der Waals surface area (Å²) in [6, 6.07) is 2.38. The summed E-state index contributed by atoms with van der Waals surface area (Å²) in [5, 5.41) is 10.7. The molecule has 14 heteroatoms. The van der Waals surface area contributed by atoms with Crippen LogP contribution in [0.3, 0.4) is 0 Å². The molecule has 0 aromatic carbocycles. The molecule has 2 rings (SSSR count). The van der Waals surface area contributed by atoms with Crippen molar-refractivity contribution in [2.24, 2.45) is 9.36 Å². The highest BCUT2D eigenvalue weighted by Gasteiger charge is 2.46. The highest BCUT2D eigenvalue weighted by atomic mass is 79.9. The van der Waals surface area contributed by atoms with Gasteiger partial charge in [-0.1, -0.05) is 0 Å². The highest BCUT2D eigenvalue weighted by molar-refractivity contribution is 9.10. The Hall–Kier alpha value is -1.80. The number of amides is 1. The van der Waals surface area contributed by atoms with Crippen LogP contribution in [0.25, 0.3) is 0 Å². The minimum Gasteiger partial charge on any atom is -0.465 e. The van der Waals surface area contributed by atoms with E-state index in [0.29, 0.717) is 4.31 Å². The number of alkyl halides is 3. The second-order valence-electron chi connectivity index (χ2n) is 5.83. The van der Waals surface area contributed by atoms with E-state index in [1.54, 1.807) is 5.32 Å². The lowest BCUT2D eigenvalue weighted by molar-refractivity contribution is -0.131. The number of nitrogens with one attached hydrogen (secondary N) is 1. The molecule has 2 heterocycles. The SMILES string of the molecule is CN=[SH]1(O)CC(C)(c2nc(Br)ccc2F)N=C(NC(=O)O)N1CC(F)(F)F. The number of rotatable bonds is 2. The third kappa shape index (κ3) is 4.73. The predicted molar refractivity (Wildman–Crippen MR) is 95.2 cm³/mol. The first kappa shape index (κ1) is 21.5. The Morgan fingerprint density at radius 1 is 1.52 bits per heavy atom. The van der Waals surface area contributed by atoms with Gasteiger partial charge in [-0.3, -0.25) is 9.62 Å². The molecule has 27 heavy (non-hydrogen) atoms. The minimum absolute atomic E-state index is 0.233. The number of hydrogen-bond donors (Lipinski definition) is 4. The third-order valence-electron chi connectivity index (χ3n) is 3.69. The predicted octanol–water partition coefficient (Wildman–Crippen LogP) is 2.79. The summed E-state index contributed by atoms with van der Waals surface area (Å²) in [6.07, 6.45) is -6.47. The van der Waals surface area contributed by atoms with Crippen LogP contribution in [0.15, 0.2) is 26.1 Å². The molecule has 1 aliphatic heterocycles. The first-order valence-corrected chi connectivity index (χ1v) is 9.91. The maximum Gasteiger partial charge on any atom is 0.411 e. The van der Waals surface area contributed by atoms with Crippen molar-refractivity contribution in [3.05, 3.63) is 28.2 Å². The van der Waals surface area contributed by atoms with E-state index >= 15 is 0 Å². The third-order valence-corrected chi connectivity index (χ3v) is 6.92. The van der Waals surface area contributed by atoms with E-state index in [2.05, 4.69) is 30.3 Å². The fourth-order valence-corrected chi connectivity index (χ4v) is 5.29. The van der Waals surface area contributed by atoms with Crippen LogP contribution in [-0.2, 0) is 15.8 Å². The van der Waals surface area contributed by atoms with Crippen molar-refractivity contribution in [2.75, 3.05) is 19.3 Å². The summed E-state index contributed by atoms with van der Waals surface area (Å²) in [6.45, 7) is -0.354. The molecule has 1 amide bonds. The van der Waals surface area contributed by atoms with Gasteiger partial charge in [-0.2, -0.15) is 13.2 Å². The van der Waals surface area contributed by atoms with Crippen LogP contribution in [-0.4, -0.2) is 56.5 Å². The highest BCUT2D eigenvalue weighted by Crippen LogP contribution is 2.37. The van der Waals surface area contributed by atoms with Gasteiger partial charge in [0.1, 0.15) is 28.2 Å². The Balaban J connectivity index is 2.70. The zero-order valence-corrected chi connectivity index (χ0v) is 16.5. The summed E-state index contributed by atoms with van der Waals surface area (Å²) >= 11 is 3.07. The van der Waals surface area contributed by atoms with Gasteiger partial charge in [0.2, 0.25) is 5.96 Å². The number of nitrogens with zero attached hydrogens (tertiary/aromatic N) is 4. The Morgan fingerprint density at radius 3 is 2.67 bits per heavy atom. The van der Waals surface area contributed by atoms with E-state index < -0.39 is 52.2 Å². The van der Waals surface area contributed by atoms with Crippen LogP contribution >= 0.6 is 15.9 Å². The lowest BCUT2D eigenvalue weighted by Gasteiger charge is -2.46. The number of guanidine groups is 1. The molecule has 0 saturated heterocycles. The average Bonchev–Trinajstić information content (AvgIpc) is 2.52. The Labute approximate surface area is 160 Å². The minimum atomic E-state index is -4.77. The lowest BCUT2D eigenvalue weighted by Crippen LogP contribution is -2.59. The number of aliphatic imine (C=N–C) groups is 1. The van der Waals surface area contributed by atoms with E-state index in [1.165, 1.54) is 13.0 Å². The van der Waals surface area contributed by atoms with Gasteiger partial charge in [-0.05, 0) is 45.3 Å². The summed E-state index contributed by atoms with van der Waals surface area (Å²) in [4.78, 5) is 19.0. The molecule has 0 spiro atoms. The number of aromatic nitrogens is 1. The van der Waals surface area contributed by atoms with Gasteiger partial charge in [0.15, 0.2) is 0 Å². The molecule has 0 fully saturated rings. The standard InChI is InChI=1S/C13H16BrF4N5O3S/c1-12(9-7(15)3-4-8(14)20-9)6-27(26,19-2)23(5-13(16,17)18)10(22-12)21-11(24)25/h3-4,27H,5-6H2,1-2H3,(H,19,26)(H,21,22)(H,24,25). The second-order valence-corrected chi connectivity index (χ2v) is 9.22. The van der Waals surface area contributed by atoms with E-state index in [0.717, 1.165) is 13.1 Å². The van der Waals surface area contributed by atoms with E-state index in [1.807, 2.05) is 0 Å². The molecule has 1 aromatic heterocycles. The largest absolute Gasteiger partial charge is 0.465 e. The summed E-state index contributed by atoms with van der Waals surface area (Å²) in [7, 11) is -2.82. The van der Waals surface area contributed by atoms with Crippen molar-refractivity contribution < 1.29 is 32.0 Å². The van der Waals surface area contributed by atoms with Gasteiger partial charge < -0.3 is 9.66 Å². The molecule has 0 aliphatic carbocycles. The molecule has 1 atom stereocenters. The van der Waals surface area contributed by atoms with E-state index in [9.17, 15) is 26.9 Å². The summed E-state index contributed by atoms with van der Waals surface area (Å²) in [5.74, 6) is -2.08. The van der Waals surface area contributed by atoms with Crippen molar-refractivity contribution >= 4 is 38.3 Å². The molecule has 1 aromatic rings. The van der Waals surface area contributed by atoms with Gasteiger partial charge in [0.05, 0.1) is 5.75 Å². The number of carbonyl (C=O) groups is 1. The van der Waals surface area contributed by atoms with E-state index in [4.69, 9.17) is 5.11 Å². The normalized spacial score (nSPS) is 23.4. The van der Waals surface area contributed by atoms with Crippen molar-refractivity contribution in [1.29, 1.82) is 0 Å². The molecule has 3 N–H and O–H groups in total. The summed E-state index contributed by atoms with van der Waals surface area (Å²) in [5.41, 5.74) is -1.93. The van der Waals surface area contributed by atoms with Crippen LogP contribution in [0.5, 0.6) is 0 Å². The molecular weight excluding hydrogens is 462 g/mol. The van der Waals surface area contributed by atoms with Crippen molar-refractivity contribution in [1.82, 2.24) is 14.6 Å². The first-order chi connectivity index (χ1) is 12.3. The number of thiol groups is 1. The fraction of sp³-hybridized carbons (Fsp3) is 0.462. The number of halogens is 5. The first-order valence-electron chi connectivity index (χ1n) is 7.29. The molecule has 1 unspecified atom stereocenters. The zero-order chi connectivity index (χ0) is 20.6. The molecule has 0 radical (unpaired) electrons. The molecule has 152 valence electrons. The monoisotopic (exact) mass is 477 g/mol. The molecule has 0 bridgehead atoms.